The van der Waals surface area contributed by atoms with Crippen LogP contribution < -0.4 is 10.6 Å². The van der Waals surface area contributed by atoms with E-state index in [1.165, 1.54) is 0 Å². The first-order valence-electron chi connectivity index (χ1n) is 8.55. The summed E-state index contributed by atoms with van der Waals surface area (Å²) < 4.78 is 5.00. The zero-order valence-electron chi connectivity index (χ0n) is 14.7. The lowest BCUT2D eigenvalue weighted by molar-refractivity contribution is 0.0957. The minimum absolute atomic E-state index is 0.0502. The van der Waals surface area contributed by atoms with Crippen molar-refractivity contribution in [3.8, 4) is 0 Å². The van der Waals surface area contributed by atoms with Crippen molar-refractivity contribution in [2.45, 2.75) is 45.7 Å². The fourth-order valence-corrected chi connectivity index (χ4v) is 3.00. The Morgan fingerprint density at radius 1 is 1.29 bits per heavy atom. The van der Waals surface area contributed by atoms with Crippen molar-refractivity contribution in [2.75, 3.05) is 19.7 Å². The van der Waals surface area contributed by atoms with E-state index >= 15 is 0 Å². The molecular formula is C18H27N3O3. The molecule has 1 aromatic rings. The fourth-order valence-electron chi connectivity index (χ4n) is 3.00. The fraction of sp³-hybridized carbons (Fsp3) is 0.556. The molecule has 0 unspecified atom stereocenters. The van der Waals surface area contributed by atoms with E-state index < -0.39 is 0 Å². The van der Waals surface area contributed by atoms with Crippen LogP contribution in [0.5, 0.6) is 0 Å². The van der Waals surface area contributed by atoms with Crippen LogP contribution >= 0.6 is 0 Å². The topological polar surface area (TPSA) is 70.7 Å². The van der Waals surface area contributed by atoms with Gasteiger partial charge in [-0.05, 0) is 44.7 Å². The summed E-state index contributed by atoms with van der Waals surface area (Å²) in [6.45, 7) is 7.42. The second kappa shape index (κ2) is 8.57. The highest BCUT2D eigenvalue weighted by Gasteiger charge is 2.24. The molecule has 0 bridgehead atoms. The lowest BCUT2D eigenvalue weighted by Gasteiger charge is -2.32. The lowest BCUT2D eigenvalue weighted by Crippen LogP contribution is -2.49. The molecule has 1 aliphatic heterocycles. The van der Waals surface area contributed by atoms with Gasteiger partial charge in [0.15, 0.2) is 0 Å². The van der Waals surface area contributed by atoms with Crippen molar-refractivity contribution in [1.29, 1.82) is 0 Å². The van der Waals surface area contributed by atoms with Gasteiger partial charge in [-0.15, -0.1) is 0 Å². The van der Waals surface area contributed by atoms with E-state index in [0.717, 1.165) is 24.0 Å². The Labute approximate surface area is 143 Å². The van der Waals surface area contributed by atoms with Gasteiger partial charge >= 0.3 is 12.1 Å². The van der Waals surface area contributed by atoms with E-state index in [2.05, 4.69) is 10.6 Å². The third kappa shape index (κ3) is 4.88. The highest BCUT2D eigenvalue weighted by atomic mass is 16.6. The number of nitrogens with zero attached hydrogens (tertiary/aromatic N) is 1. The van der Waals surface area contributed by atoms with Crippen LogP contribution in [0.3, 0.4) is 0 Å². The number of ether oxygens (including phenoxy) is 1. The zero-order valence-corrected chi connectivity index (χ0v) is 14.7. The number of piperidine rings is 1. The van der Waals surface area contributed by atoms with Gasteiger partial charge in [0.05, 0.1) is 12.6 Å². The molecule has 0 aromatic heterocycles. The first kappa shape index (κ1) is 18.1. The number of carbonyl (C=O) groups is 2. The van der Waals surface area contributed by atoms with Crippen molar-refractivity contribution < 1.29 is 14.3 Å². The van der Waals surface area contributed by atoms with Crippen molar-refractivity contribution in [2.24, 2.45) is 0 Å². The minimum atomic E-state index is -0.270. The van der Waals surface area contributed by atoms with Gasteiger partial charge in [-0.2, -0.15) is 0 Å². The van der Waals surface area contributed by atoms with Crippen LogP contribution in [0.15, 0.2) is 24.3 Å². The number of rotatable bonds is 4. The SMILES string of the molecule is CCOC(=O)N1CCC(NC(=O)N[C@@H](C)c2ccccc2C)CC1. The number of urea groups is 1. The summed E-state index contributed by atoms with van der Waals surface area (Å²) in [5, 5.41) is 5.98. The predicted octanol–water partition coefficient (Wildman–Crippen LogP) is 2.98. The molecule has 0 aliphatic carbocycles. The smallest absolute Gasteiger partial charge is 0.409 e. The molecule has 2 N–H and O–H groups in total. The molecule has 1 saturated heterocycles. The van der Waals surface area contributed by atoms with E-state index in [-0.39, 0.29) is 24.2 Å². The number of nitrogens with one attached hydrogen (secondary N) is 2. The standard InChI is InChI=1S/C18H27N3O3/c1-4-24-18(23)21-11-9-15(10-12-21)20-17(22)19-14(3)16-8-6-5-7-13(16)2/h5-8,14-15H,4,9-12H2,1-3H3,(H2,19,20,22)/t14-/m0/s1. The Balaban J connectivity index is 1.77. The van der Waals surface area contributed by atoms with Crippen molar-refractivity contribution in [3.63, 3.8) is 0 Å². The van der Waals surface area contributed by atoms with Gasteiger partial charge in [0.2, 0.25) is 0 Å². The Morgan fingerprint density at radius 2 is 1.96 bits per heavy atom. The molecule has 1 heterocycles. The molecule has 1 aromatic carbocycles. The highest BCUT2D eigenvalue weighted by Crippen LogP contribution is 2.17. The van der Waals surface area contributed by atoms with Gasteiger partial charge in [-0.1, -0.05) is 24.3 Å². The second-order valence-corrected chi connectivity index (χ2v) is 6.16. The Morgan fingerprint density at radius 3 is 2.58 bits per heavy atom. The number of aryl methyl sites for hydroxylation is 1. The van der Waals surface area contributed by atoms with Gasteiger partial charge in [-0.25, -0.2) is 9.59 Å². The summed E-state index contributed by atoms with van der Waals surface area (Å²) in [5.41, 5.74) is 2.28. The maximum absolute atomic E-state index is 12.2. The van der Waals surface area contributed by atoms with Crippen molar-refractivity contribution in [1.82, 2.24) is 15.5 Å². The van der Waals surface area contributed by atoms with Gasteiger partial charge in [0.25, 0.3) is 0 Å². The molecule has 6 nitrogen and oxygen atoms in total. The average molecular weight is 333 g/mol. The van der Waals surface area contributed by atoms with E-state index in [1.54, 1.807) is 11.8 Å². The number of likely N-dealkylation sites (tertiary alicyclic amines) is 1. The van der Waals surface area contributed by atoms with Gasteiger partial charge in [0, 0.05) is 19.1 Å². The molecule has 0 spiro atoms. The van der Waals surface area contributed by atoms with Crippen molar-refractivity contribution >= 4 is 12.1 Å². The molecule has 0 radical (unpaired) electrons. The number of benzene rings is 1. The Hall–Kier alpha value is -2.24. The summed E-state index contributed by atoms with van der Waals surface area (Å²) in [6.07, 6.45) is 1.21. The number of hydrogen-bond donors (Lipinski definition) is 2. The minimum Gasteiger partial charge on any atom is -0.450 e. The quantitative estimate of drug-likeness (QED) is 0.890. The van der Waals surface area contributed by atoms with Crippen LogP contribution in [-0.2, 0) is 4.74 Å². The summed E-state index contributed by atoms with van der Waals surface area (Å²) in [6, 6.07) is 7.90. The number of carbonyl (C=O) groups excluding carboxylic acids is 2. The van der Waals surface area contributed by atoms with Crippen LogP contribution in [0.25, 0.3) is 0 Å². The van der Waals surface area contributed by atoms with E-state index in [1.807, 2.05) is 38.1 Å². The van der Waals surface area contributed by atoms with Crippen molar-refractivity contribution in [3.05, 3.63) is 35.4 Å². The molecule has 0 saturated carbocycles. The second-order valence-electron chi connectivity index (χ2n) is 6.16. The molecule has 3 amide bonds. The van der Waals surface area contributed by atoms with Gasteiger partial charge in [0.1, 0.15) is 0 Å². The van der Waals surface area contributed by atoms with E-state index in [4.69, 9.17) is 4.74 Å². The van der Waals surface area contributed by atoms with Crippen LogP contribution in [0, 0.1) is 6.92 Å². The maximum atomic E-state index is 12.2. The predicted molar refractivity (Wildman–Crippen MR) is 92.9 cm³/mol. The molecule has 1 atom stereocenters. The van der Waals surface area contributed by atoms with Crippen LogP contribution in [0.1, 0.15) is 43.9 Å². The monoisotopic (exact) mass is 333 g/mol. The molecule has 2 rings (SSSR count). The average Bonchev–Trinajstić information content (AvgIpc) is 2.56. The number of amides is 3. The van der Waals surface area contributed by atoms with Crippen LogP contribution in [0.4, 0.5) is 9.59 Å². The maximum Gasteiger partial charge on any atom is 0.409 e. The summed E-state index contributed by atoms with van der Waals surface area (Å²) >= 11 is 0. The number of hydrogen-bond acceptors (Lipinski definition) is 3. The first-order chi connectivity index (χ1) is 11.5. The zero-order chi connectivity index (χ0) is 17.5. The highest BCUT2D eigenvalue weighted by molar-refractivity contribution is 5.75. The normalized spacial score (nSPS) is 16.4. The van der Waals surface area contributed by atoms with E-state index in [0.29, 0.717) is 19.7 Å². The third-order valence-electron chi connectivity index (χ3n) is 4.36. The molecule has 24 heavy (non-hydrogen) atoms. The Bertz CT molecular complexity index is 568. The summed E-state index contributed by atoms with van der Waals surface area (Å²) in [5.74, 6) is 0. The summed E-state index contributed by atoms with van der Waals surface area (Å²) in [7, 11) is 0. The van der Waals surface area contributed by atoms with E-state index in [9.17, 15) is 9.59 Å². The largest absolute Gasteiger partial charge is 0.450 e. The molecule has 1 fully saturated rings. The third-order valence-corrected chi connectivity index (χ3v) is 4.36. The molecular weight excluding hydrogens is 306 g/mol. The molecule has 1 aliphatic rings. The molecule has 132 valence electrons. The molecule has 6 heteroatoms. The lowest BCUT2D eigenvalue weighted by atomic mass is 10.0. The first-order valence-corrected chi connectivity index (χ1v) is 8.55. The van der Waals surface area contributed by atoms with Crippen LogP contribution in [-0.4, -0.2) is 42.8 Å². The van der Waals surface area contributed by atoms with Gasteiger partial charge in [-0.3, -0.25) is 0 Å². The van der Waals surface area contributed by atoms with Gasteiger partial charge < -0.3 is 20.3 Å². The summed E-state index contributed by atoms with van der Waals surface area (Å²) in [4.78, 5) is 25.6. The van der Waals surface area contributed by atoms with Crippen LogP contribution in [0.2, 0.25) is 0 Å². The Kier molecular flexibility index (Phi) is 6.46.